The van der Waals surface area contributed by atoms with Crippen LogP contribution >= 0.6 is 0 Å². The van der Waals surface area contributed by atoms with Crippen molar-refractivity contribution in [3.05, 3.63) is 42.5 Å². The second-order valence-corrected chi connectivity index (χ2v) is 4.83. The first-order valence-electron chi connectivity index (χ1n) is 6.64. The lowest BCUT2D eigenvalue weighted by molar-refractivity contribution is -0.138. The molecule has 0 amide bonds. The topological polar surface area (TPSA) is 66.3 Å². The fraction of sp³-hybridized carbons (Fsp3) is 0.267. The van der Waals surface area contributed by atoms with Crippen molar-refractivity contribution in [1.82, 2.24) is 10.2 Å². The molecule has 20 heavy (non-hydrogen) atoms. The summed E-state index contributed by atoms with van der Waals surface area (Å²) in [6, 6.07) is 13.0. The Labute approximate surface area is 116 Å². The third-order valence-electron chi connectivity index (χ3n) is 3.55. The maximum absolute atomic E-state index is 11.2. The van der Waals surface area contributed by atoms with Crippen LogP contribution in [-0.2, 0) is 4.79 Å². The molecule has 1 fully saturated rings. The van der Waals surface area contributed by atoms with Crippen molar-refractivity contribution in [2.75, 3.05) is 11.4 Å². The summed E-state index contributed by atoms with van der Waals surface area (Å²) < 4.78 is 0. The van der Waals surface area contributed by atoms with Gasteiger partial charge in [-0.15, -0.1) is 10.2 Å². The molecule has 0 spiro atoms. The predicted octanol–water partition coefficient (Wildman–Crippen LogP) is 2.20. The maximum atomic E-state index is 11.2. The van der Waals surface area contributed by atoms with Crippen LogP contribution in [-0.4, -0.2) is 33.9 Å². The SMILES string of the molecule is O=C(O)C1CCCN1c1ccc(-c2ccccc2)nn1. The second kappa shape index (κ2) is 5.28. The van der Waals surface area contributed by atoms with Crippen molar-refractivity contribution in [2.45, 2.75) is 18.9 Å². The standard InChI is InChI=1S/C15H15N3O2/c19-15(20)13-7-4-10-18(13)14-9-8-12(16-17-14)11-5-2-1-3-6-11/h1-3,5-6,8-9,13H,4,7,10H2,(H,19,20). The predicted molar refractivity (Wildman–Crippen MR) is 75.5 cm³/mol. The molecule has 3 rings (SSSR count). The molecule has 1 unspecified atom stereocenters. The number of anilines is 1. The zero-order valence-corrected chi connectivity index (χ0v) is 10.9. The first-order valence-corrected chi connectivity index (χ1v) is 6.64. The molecule has 1 aliphatic rings. The van der Waals surface area contributed by atoms with Crippen LogP contribution in [0.3, 0.4) is 0 Å². The number of hydrogen-bond acceptors (Lipinski definition) is 4. The molecular formula is C15H15N3O2. The third kappa shape index (κ3) is 2.34. The van der Waals surface area contributed by atoms with E-state index in [-0.39, 0.29) is 0 Å². The van der Waals surface area contributed by atoms with Crippen LogP contribution in [0, 0.1) is 0 Å². The van der Waals surface area contributed by atoms with E-state index in [1.54, 1.807) is 0 Å². The van der Waals surface area contributed by atoms with Gasteiger partial charge < -0.3 is 10.0 Å². The van der Waals surface area contributed by atoms with Crippen molar-refractivity contribution in [1.29, 1.82) is 0 Å². The van der Waals surface area contributed by atoms with Gasteiger partial charge in [0.15, 0.2) is 5.82 Å². The average molecular weight is 269 g/mol. The molecule has 1 atom stereocenters. The van der Waals surface area contributed by atoms with E-state index >= 15 is 0 Å². The summed E-state index contributed by atoms with van der Waals surface area (Å²) in [4.78, 5) is 13.0. The van der Waals surface area contributed by atoms with E-state index in [1.807, 2.05) is 47.4 Å². The number of carboxylic acid groups (broad SMARTS) is 1. The van der Waals surface area contributed by atoms with Gasteiger partial charge in [-0.1, -0.05) is 30.3 Å². The number of benzene rings is 1. The molecule has 1 aliphatic heterocycles. The molecule has 1 aromatic carbocycles. The average Bonchev–Trinajstić information content (AvgIpc) is 2.98. The minimum atomic E-state index is -0.795. The molecule has 0 radical (unpaired) electrons. The van der Waals surface area contributed by atoms with Gasteiger partial charge in [0.05, 0.1) is 5.69 Å². The molecular weight excluding hydrogens is 254 g/mol. The monoisotopic (exact) mass is 269 g/mol. The van der Waals surface area contributed by atoms with E-state index in [4.69, 9.17) is 0 Å². The Hall–Kier alpha value is -2.43. The Bertz CT molecular complexity index is 598. The van der Waals surface area contributed by atoms with Gasteiger partial charge in [0.1, 0.15) is 6.04 Å². The lowest BCUT2D eigenvalue weighted by Gasteiger charge is -2.21. The summed E-state index contributed by atoms with van der Waals surface area (Å²) in [5, 5.41) is 17.6. The van der Waals surface area contributed by atoms with Gasteiger partial charge in [0, 0.05) is 12.1 Å². The number of aliphatic carboxylic acids is 1. The van der Waals surface area contributed by atoms with Crippen LogP contribution in [0.15, 0.2) is 42.5 Å². The number of rotatable bonds is 3. The van der Waals surface area contributed by atoms with Crippen LogP contribution in [0.4, 0.5) is 5.82 Å². The quantitative estimate of drug-likeness (QED) is 0.925. The summed E-state index contributed by atoms with van der Waals surface area (Å²) in [6.45, 7) is 0.719. The van der Waals surface area contributed by atoms with Gasteiger partial charge in [-0.25, -0.2) is 4.79 Å². The second-order valence-electron chi connectivity index (χ2n) is 4.83. The van der Waals surface area contributed by atoms with Crippen LogP contribution in [0.25, 0.3) is 11.3 Å². The Balaban J connectivity index is 1.85. The Morgan fingerprint density at radius 1 is 1.15 bits per heavy atom. The van der Waals surface area contributed by atoms with E-state index in [0.29, 0.717) is 12.2 Å². The van der Waals surface area contributed by atoms with E-state index in [0.717, 1.165) is 24.2 Å². The van der Waals surface area contributed by atoms with Gasteiger partial charge in [0.2, 0.25) is 0 Å². The van der Waals surface area contributed by atoms with E-state index < -0.39 is 12.0 Å². The number of nitrogens with zero attached hydrogens (tertiary/aromatic N) is 3. The zero-order valence-electron chi connectivity index (χ0n) is 10.9. The molecule has 5 heteroatoms. The highest BCUT2D eigenvalue weighted by Crippen LogP contribution is 2.25. The largest absolute Gasteiger partial charge is 0.480 e. The van der Waals surface area contributed by atoms with Crippen LogP contribution in [0.2, 0.25) is 0 Å². The number of aromatic nitrogens is 2. The molecule has 1 N–H and O–H groups in total. The summed E-state index contributed by atoms with van der Waals surface area (Å²) in [5.41, 5.74) is 1.79. The number of carboxylic acids is 1. The highest BCUT2D eigenvalue weighted by atomic mass is 16.4. The van der Waals surface area contributed by atoms with Crippen molar-refractivity contribution >= 4 is 11.8 Å². The summed E-state index contributed by atoms with van der Waals surface area (Å²) in [5.74, 6) is -0.161. The molecule has 2 aromatic rings. The number of hydrogen-bond donors (Lipinski definition) is 1. The molecule has 2 heterocycles. The normalized spacial score (nSPS) is 18.2. The Morgan fingerprint density at radius 2 is 1.95 bits per heavy atom. The van der Waals surface area contributed by atoms with Gasteiger partial charge in [-0.2, -0.15) is 0 Å². The minimum absolute atomic E-state index is 0.480. The Morgan fingerprint density at radius 3 is 2.60 bits per heavy atom. The van der Waals surface area contributed by atoms with Gasteiger partial charge >= 0.3 is 5.97 Å². The number of carbonyl (C=O) groups is 1. The maximum Gasteiger partial charge on any atom is 0.326 e. The molecule has 1 saturated heterocycles. The lowest BCUT2D eigenvalue weighted by atomic mass is 10.1. The summed E-state index contributed by atoms with van der Waals surface area (Å²) in [7, 11) is 0. The van der Waals surface area contributed by atoms with E-state index in [2.05, 4.69) is 10.2 Å². The molecule has 1 aromatic heterocycles. The van der Waals surface area contributed by atoms with Crippen LogP contribution in [0.5, 0.6) is 0 Å². The molecule has 5 nitrogen and oxygen atoms in total. The molecule has 0 bridgehead atoms. The smallest absolute Gasteiger partial charge is 0.326 e. The van der Waals surface area contributed by atoms with Crippen LogP contribution < -0.4 is 4.90 Å². The zero-order chi connectivity index (χ0) is 13.9. The van der Waals surface area contributed by atoms with Gasteiger partial charge in [0.25, 0.3) is 0 Å². The lowest BCUT2D eigenvalue weighted by Crippen LogP contribution is -2.36. The minimum Gasteiger partial charge on any atom is -0.480 e. The molecule has 0 saturated carbocycles. The van der Waals surface area contributed by atoms with Gasteiger partial charge in [-0.05, 0) is 25.0 Å². The van der Waals surface area contributed by atoms with E-state index in [1.165, 1.54) is 0 Å². The summed E-state index contributed by atoms with van der Waals surface area (Å²) in [6.07, 6.45) is 1.54. The molecule has 102 valence electrons. The third-order valence-corrected chi connectivity index (χ3v) is 3.55. The summed E-state index contributed by atoms with van der Waals surface area (Å²) >= 11 is 0. The van der Waals surface area contributed by atoms with Crippen molar-refractivity contribution < 1.29 is 9.90 Å². The van der Waals surface area contributed by atoms with E-state index in [9.17, 15) is 9.90 Å². The first kappa shape index (κ1) is 12.6. The first-order chi connectivity index (χ1) is 9.75. The highest BCUT2D eigenvalue weighted by Gasteiger charge is 2.31. The van der Waals surface area contributed by atoms with Crippen molar-refractivity contribution in [3.63, 3.8) is 0 Å². The Kier molecular flexibility index (Phi) is 3.33. The van der Waals surface area contributed by atoms with Crippen LogP contribution in [0.1, 0.15) is 12.8 Å². The van der Waals surface area contributed by atoms with Crippen molar-refractivity contribution in [3.8, 4) is 11.3 Å². The molecule has 0 aliphatic carbocycles. The fourth-order valence-corrected chi connectivity index (χ4v) is 2.54. The van der Waals surface area contributed by atoms with Gasteiger partial charge in [-0.3, -0.25) is 0 Å². The van der Waals surface area contributed by atoms with Crippen molar-refractivity contribution in [2.24, 2.45) is 0 Å². The highest BCUT2D eigenvalue weighted by molar-refractivity contribution is 5.78. The fourth-order valence-electron chi connectivity index (χ4n) is 2.54.